The average molecular weight is 328 g/mol. The molecule has 0 fully saturated rings. The van der Waals surface area contributed by atoms with E-state index in [-0.39, 0.29) is 6.10 Å². The highest BCUT2D eigenvalue weighted by atomic mass is 16.5. The summed E-state index contributed by atoms with van der Waals surface area (Å²) < 4.78 is 11.3. The predicted octanol–water partition coefficient (Wildman–Crippen LogP) is 4.50. The second kappa shape index (κ2) is 9.06. The lowest BCUT2D eigenvalue weighted by Crippen LogP contribution is -2.08. The number of nitrogens with one attached hydrogen (secondary N) is 1. The summed E-state index contributed by atoms with van der Waals surface area (Å²) in [7, 11) is 0. The SMILES string of the molecule is CCOc1ccccc1NCCCc1ccc(OC(C)C)c(N)c1. The minimum absolute atomic E-state index is 0.132. The van der Waals surface area contributed by atoms with Crippen LogP contribution in [0.1, 0.15) is 32.8 Å². The van der Waals surface area contributed by atoms with E-state index in [0.29, 0.717) is 12.3 Å². The smallest absolute Gasteiger partial charge is 0.142 e. The molecule has 0 saturated heterocycles. The Morgan fingerprint density at radius 1 is 1.08 bits per heavy atom. The molecule has 0 heterocycles. The van der Waals surface area contributed by atoms with Crippen molar-refractivity contribution in [3.8, 4) is 11.5 Å². The lowest BCUT2D eigenvalue weighted by Gasteiger charge is -2.14. The Bertz CT molecular complexity index is 641. The molecule has 130 valence electrons. The normalized spacial score (nSPS) is 10.7. The number of benzene rings is 2. The van der Waals surface area contributed by atoms with Crippen molar-refractivity contribution < 1.29 is 9.47 Å². The summed E-state index contributed by atoms with van der Waals surface area (Å²) in [5.74, 6) is 1.66. The van der Waals surface area contributed by atoms with Crippen LogP contribution >= 0.6 is 0 Å². The number of nitrogen functional groups attached to an aromatic ring is 1. The van der Waals surface area contributed by atoms with E-state index in [2.05, 4.69) is 11.4 Å². The molecule has 0 amide bonds. The first kappa shape index (κ1) is 18.0. The van der Waals surface area contributed by atoms with Gasteiger partial charge in [0.15, 0.2) is 0 Å². The van der Waals surface area contributed by atoms with Crippen LogP contribution < -0.4 is 20.5 Å². The molecule has 0 spiro atoms. The summed E-state index contributed by atoms with van der Waals surface area (Å²) in [5, 5.41) is 3.44. The van der Waals surface area contributed by atoms with Crippen molar-refractivity contribution in [1.82, 2.24) is 0 Å². The average Bonchev–Trinajstić information content (AvgIpc) is 2.55. The third kappa shape index (κ3) is 5.37. The molecule has 0 saturated carbocycles. The van der Waals surface area contributed by atoms with E-state index in [9.17, 15) is 0 Å². The Morgan fingerprint density at radius 3 is 2.58 bits per heavy atom. The number of hydrogen-bond donors (Lipinski definition) is 2. The molecular weight excluding hydrogens is 300 g/mol. The first-order valence-electron chi connectivity index (χ1n) is 8.61. The molecule has 0 aliphatic carbocycles. The van der Waals surface area contributed by atoms with Crippen molar-refractivity contribution >= 4 is 11.4 Å². The van der Waals surface area contributed by atoms with E-state index in [1.54, 1.807) is 0 Å². The number of para-hydroxylation sites is 2. The Hall–Kier alpha value is -2.36. The van der Waals surface area contributed by atoms with Crippen molar-refractivity contribution in [2.75, 3.05) is 24.2 Å². The van der Waals surface area contributed by atoms with Gasteiger partial charge >= 0.3 is 0 Å². The van der Waals surface area contributed by atoms with Crippen molar-refractivity contribution in [3.05, 3.63) is 48.0 Å². The van der Waals surface area contributed by atoms with Crippen molar-refractivity contribution in [1.29, 1.82) is 0 Å². The molecule has 4 nitrogen and oxygen atoms in total. The van der Waals surface area contributed by atoms with Crippen LogP contribution in [0.5, 0.6) is 11.5 Å². The topological polar surface area (TPSA) is 56.5 Å². The predicted molar refractivity (Wildman–Crippen MR) is 101 cm³/mol. The van der Waals surface area contributed by atoms with Crippen molar-refractivity contribution in [3.63, 3.8) is 0 Å². The lowest BCUT2D eigenvalue weighted by atomic mass is 10.1. The first-order chi connectivity index (χ1) is 11.6. The standard InChI is InChI=1S/C20H28N2O2/c1-4-23-20-10-6-5-9-18(20)22-13-7-8-16-11-12-19(17(21)14-16)24-15(2)3/h5-6,9-12,14-15,22H,4,7-8,13,21H2,1-3H3. The van der Waals surface area contributed by atoms with Crippen molar-refractivity contribution in [2.45, 2.75) is 39.7 Å². The van der Waals surface area contributed by atoms with Crippen LogP contribution in [0.3, 0.4) is 0 Å². The van der Waals surface area contributed by atoms with Crippen LogP contribution in [-0.4, -0.2) is 19.3 Å². The van der Waals surface area contributed by atoms with Crippen molar-refractivity contribution in [2.24, 2.45) is 0 Å². The summed E-state index contributed by atoms with van der Waals surface area (Å²) in [6, 6.07) is 14.1. The largest absolute Gasteiger partial charge is 0.492 e. The molecule has 4 heteroatoms. The van der Waals surface area contributed by atoms with Gasteiger partial charge in [-0.1, -0.05) is 18.2 Å². The highest BCUT2D eigenvalue weighted by Crippen LogP contribution is 2.25. The van der Waals surface area contributed by atoms with E-state index in [1.165, 1.54) is 5.56 Å². The molecule has 0 bridgehead atoms. The summed E-state index contributed by atoms with van der Waals surface area (Å²) >= 11 is 0. The van der Waals surface area contributed by atoms with Crippen LogP contribution in [0, 0.1) is 0 Å². The van der Waals surface area contributed by atoms with Gasteiger partial charge in [0.2, 0.25) is 0 Å². The number of rotatable bonds is 9. The van der Waals surface area contributed by atoms with Gasteiger partial charge < -0.3 is 20.5 Å². The van der Waals surface area contributed by atoms with Gasteiger partial charge in [0.1, 0.15) is 11.5 Å². The highest BCUT2D eigenvalue weighted by Gasteiger charge is 2.05. The molecule has 0 aliphatic rings. The van der Waals surface area contributed by atoms with Gasteiger partial charge in [-0.2, -0.15) is 0 Å². The van der Waals surface area contributed by atoms with Gasteiger partial charge in [0, 0.05) is 6.54 Å². The van der Waals surface area contributed by atoms with E-state index in [4.69, 9.17) is 15.2 Å². The maximum atomic E-state index is 6.06. The monoisotopic (exact) mass is 328 g/mol. The minimum atomic E-state index is 0.132. The number of nitrogens with two attached hydrogens (primary N) is 1. The van der Waals surface area contributed by atoms with Crippen LogP contribution in [0.4, 0.5) is 11.4 Å². The Morgan fingerprint density at radius 2 is 1.88 bits per heavy atom. The fourth-order valence-corrected chi connectivity index (χ4v) is 2.52. The van der Waals surface area contributed by atoms with Gasteiger partial charge in [-0.05, 0) is 63.4 Å². The van der Waals surface area contributed by atoms with Crippen LogP contribution in [-0.2, 0) is 6.42 Å². The number of anilines is 2. The van der Waals surface area contributed by atoms with Gasteiger partial charge in [0.25, 0.3) is 0 Å². The van der Waals surface area contributed by atoms with Crippen LogP contribution in [0.2, 0.25) is 0 Å². The molecule has 0 atom stereocenters. The molecule has 0 aliphatic heterocycles. The van der Waals surface area contributed by atoms with Gasteiger partial charge in [0.05, 0.1) is 24.1 Å². The van der Waals surface area contributed by atoms with Gasteiger partial charge in [-0.15, -0.1) is 0 Å². The molecule has 3 N–H and O–H groups in total. The van der Waals surface area contributed by atoms with E-state index >= 15 is 0 Å². The lowest BCUT2D eigenvalue weighted by molar-refractivity contribution is 0.244. The third-order valence-corrected chi connectivity index (χ3v) is 3.58. The zero-order valence-electron chi connectivity index (χ0n) is 14.8. The van der Waals surface area contributed by atoms with Gasteiger partial charge in [-0.25, -0.2) is 0 Å². The number of aryl methyl sites for hydroxylation is 1. The Kier molecular flexibility index (Phi) is 6.79. The second-order valence-corrected chi connectivity index (χ2v) is 6.00. The second-order valence-electron chi connectivity index (χ2n) is 6.00. The summed E-state index contributed by atoms with van der Waals surface area (Å²) in [5.41, 5.74) is 9.03. The molecule has 0 aromatic heterocycles. The quantitative estimate of drug-likeness (QED) is 0.526. The maximum absolute atomic E-state index is 6.06. The van der Waals surface area contributed by atoms with Gasteiger partial charge in [-0.3, -0.25) is 0 Å². The first-order valence-corrected chi connectivity index (χ1v) is 8.61. The summed E-state index contributed by atoms with van der Waals surface area (Å²) in [6.07, 6.45) is 2.12. The third-order valence-electron chi connectivity index (χ3n) is 3.58. The Balaban J connectivity index is 1.83. The Labute approximate surface area is 145 Å². The minimum Gasteiger partial charge on any atom is -0.492 e. The molecule has 24 heavy (non-hydrogen) atoms. The fourth-order valence-electron chi connectivity index (χ4n) is 2.52. The molecule has 2 rings (SSSR count). The molecule has 0 radical (unpaired) electrons. The van der Waals surface area contributed by atoms with E-state index in [1.807, 2.05) is 57.2 Å². The number of hydrogen-bond acceptors (Lipinski definition) is 4. The zero-order valence-corrected chi connectivity index (χ0v) is 14.8. The molecule has 2 aromatic rings. The van der Waals surface area contributed by atoms with E-state index < -0.39 is 0 Å². The maximum Gasteiger partial charge on any atom is 0.142 e. The summed E-state index contributed by atoms with van der Waals surface area (Å²) in [4.78, 5) is 0. The summed E-state index contributed by atoms with van der Waals surface area (Å²) in [6.45, 7) is 7.54. The number of ether oxygens (including phenoxy) is 2. The van der Waals surface area contributed by atoms with E-state index in [0.717, 1.165) is 36.6 Å². The van der Waals surface area contributed by atoms with Crippen LogP contribution in [0.15, 0.2) is 42.5 Å². The molecule has 2 aromatic carbocycles. The zero-order chi connectivity index (χ0) is 17.4. The molecule has 0 unspecified atom stereocenters. The fraction of sp³-hybridized carbons (Fsp3) is 0.400. The van der Waals surface area contributed by atoms with Crippen LogP contribution in [0.25, 0.3) is 0 Å². The highest BCUT2D eigenvalue weighted by molar-refractivity contribution is 5.56. The molecular formula is C20H28N2O2.